The Morgan fingerprint density at radius 3 is 2.53 bits per heavy atom. The van der Waals surface area contributed by atoms with Crippen LogP contribution in [0.3, 0.4) is 0 Å². The van der Waals surface area contributed by atoms with Crippen molar-refractivity contribution in [3.8, 4) is 0 Å². The highest BCUT2D eigenvalue weighted by Gasteiger charge is 2.25. The van der Waals surface area contributed by atoms with Gasteiger partial charge in [0.1, 0.15) is 4.21 Å². The number of likely N-dealkylation sites (N-methyl/N-ethyl adjacent to an activating group) is 1. The molecule has 0 bridgehead atoms. The number of sulfonamides is 1. The van der Waals surface area contributed by atoms with Gasteiger partial charge in [-0.25, -0.2) is 13.1 Å². The first-order chi connectivity index (χ1) is 8.77. The highest BCUT2D eigenvalue weighted by Crippen LogP contribution is 2.36. The van der Waals surface area contributed by atoms with Gasteiger partial charge < -0.3 is 10.2 Å². The molecule has 10 heteroatoms. The lowest BCUT2D eigenvalue weighted by atomic mass is 10.5. The van der Waals surface area contributed by atoms with E-state index in [1.54, 1.807) is 0 Å². The van der Waals surface area contributed by atoms with Gasteiger partial charge >= 0.3 is 5.69 Å². The number of thiophene rings is 1. The van der Waals surface area contributed by atoms with E-state index < -0.39 is 14.9 Å². The summed E-state index contributed by atoms with van der Waals surface area (Å²) in [5.41, 5.74) is -0.236. The van der Waals surface area contributed by atoms with E-state index >= 15 is 0 Å². The molecule has 0 radical (unpaired) electrons. The van der Waals surface area contributed by atoms with Crippen LogP contribution in [0.1, 0.15) is 0 Å². The molecule has 0 amide bonds. The summed E-state index contributed by atoms with van der Waals surface area (Å²) in [5.74, 6) is 0. The van der Waals surface area contributed by atoms with Crippen molar-refractivity contribution in [2.24, 2.45) is 0 Å². The maximum Gasteiger partial charge on any atom is 0.304 e. The molecule has 0 spiro atoms. The van der Waals surface area contributed by atoms with E-state index in [1.165, 1.54) is 7.05 Å². The third-order valence-corrected chi connectivity index (χ3v) is 5.31. The lowest BCUT2D eigenvalue weighted by molar-refractivity contribution is -0.383. The lowest BCUT2D eigenvalue weighted by Gasteiger charge is -2.09. The van der Waals surface area contributed by atoms with E-state index in [1.807, 2.05) is 19.0 Å². The third kappa shape index (κ3) is 4.13. The number of nitro groups is 1. The Hall–Kier alpha value is -1.23. The molecule has 0 aliphatic carbocycles. The van der Waals surface area contributed by atoms with Crippen LogP contribution in [-0.4, -0.2) is 52.5 Å². The first-order valence-corrected chi connectivity index (χ1v) is 7.68. The molecule has 0 aliphatic rings. The molecule has 0 aromatic carbocycles. The zero-order valence-electron chi connectivity index (χ0n) is 10.8. The van der Waals surface area contributed by atoms with E-state index in [-0.39, 0.29) is 21.4 Å². The van der Waals surface area contributed by atoms with Crippen LogP contribution in [0.2, 0.25) is 0 Å². The molecule has 0 saturated heterocycles. The Morgan fingerprint density at radius 1 is 1.47 bits per heavy atom. The van der Waals surface area contributed by atoms with Crippen molar-refractivity contribution in [1.29, 1.82) is 0 Å². The summed E-state index contributed by atoms with van der Waals surface area (Å²) in [5, 5.41) is 13.6. The summed E-state index contributed by atoms with van der Waals surface area (Å²) >= 11 is 0.837. The van der Waals surface area contributed by atoms with Crippen LogP contribution in [0.5, 0.6) is 0 Å². The van der Waals surface area contributed by atoms with Gasteiger partial charge in [0.2, 0.25) is 10.0 Å². The molecule has 1 rings (SSSR count). The van der Waals surface area contributed by atoms with Crippen LogP contribution in [0.25, 0.3) is 0 Å². The Kier molecular flexibility index (Phi) is 5.23. The number of hydrogen-bond donors (Lipinski definition) is 2. The summed E-state index contributed by atoms with van der Waals surface area (Å²) < 4.78 is 26.2. The van der Waals surface area contributed by atoms with Gasteiger partial charge in [0.05, 0.1) is 4.92 Å². The fourth-order valence-electron chi connectivity index (χ4n) is 1.28. The number of anilines is 1. The van der Waals surface area contributed by atoms with Crippen LogP contribution < -0.4 is 10.0 Å². The second kappa shape index (κ2) is 6.28. The number of nitrogens with one attached hydrogen (secondary N) is 2. The summed E-state index contributed by atoms with van der Waals surface area (Å²) in [6.45, 7) is 0.793. The zero-order valence-corrected chi connectivity index (χ0v) is 12.5. The molecular formula is C9H16N4O4S2. The monoisotopic (exact) mass is 308 g/mol. The normalized spacial score (nSPS) is 11.8. The Morgan fingerprint density at radius 2 is 2.11 bits per heavy atom. The van der Waals surface area contributed by atoms with Crippen molar-refractivity contribution in [3.05, 3.63) is 16.2 Å². The van der Waals surface area contributed by atoms with E-state index in [2.05, 4.69) is 10.0 Å². The lowest BCUT2D eigenvalue weighted by Crippen LogP contribution is -2.30. The summed E-state index contributed by atoms with van der Waals surface area (Å²) in [6, 6.07) is 1.06. The largest absolute Gasteiger partial charge is 0.374 e. The Balaban J connectivity index is 2.92. The smallest absolute Gasteiger partial charge is 0.304 e. The third-order valence-electron chi connectivity index (χ3n) is 2.23. The predicted molar refractivity (Wildman–Crippen MR) is 74.3 cm³/mol. The molecule has 0 saturated carbocycles. The van der Waals surface area contributed by atoms with Crippen LogP contribution in [0.4, 0.5) is 10.7 Å². The van der Waals surface area contributed by atoms with E-state index in [0.29, 0.717) is 6.54 Å². The van der Waals surface area contributed by atoms with Crippen molar-refractivity contribution in [1.82, 2.24) is 9.62 Å². The molecule has 8 nitrogen and oxygen atoms in total. The molecule has 0 atom stereocenters. The average molecular weight is 308 g/mol. The minimum absolute atomic E-state index is 0.0673. The van der Waals surface area contributed by atoms with Crippen LogP contribution >= 0.6 is 11.3 Å². The highest BCUT2D eigenvalue weighted by molar-refractivity contribution is 7.91. The van der Waals surface area contributed by atoms with Crippen molar-refractivity contribution in [2.45, 2.75) is 4.21 Å². The van der Waals surface area contributed by atoms with Gasteiger partial charge in [-0.3, -0.25) is 10.1 Å². The van der Waals surface area contributed by atoms with Gasteiger partial charge in [-0.1, -0.05) is 11.3 Å². The van der Waals surface area contributed by atoms with Gasteiger partial charge in [0.25, 0.3) is 0 Å². The van der Waals surface area contributed by atoms with Crippen LogP contribution in [-0.2, 0) is 10.0 Å². The first-order valence-electron chi connectivity index (χ1n) is 5.38. The predicted octanol–water partition coefficient (Wildman–Crippen LogP) is 0.538. The topological polar surface area (TPSA) is 105 Å². The number of rotatable bonds is 7. The minimum Gasteiger partial charge on any atom is -0.374 e. The summed E-state index contributed by atoms with van der Waals surface area (Å²) in [4.78, 5) is 12.0. The quantitative estimate of drug-likeness (QED) is 0.562. The second-order valence-corrected chi connectivity index (χ2v) is 7.03. The molecule has 0 fully saturated rings. The fourth-order valence-corrected chi connectivity index (χ4v) is 3.63. The van der Waals surface area contributed by atoms with Crippen molar-refractivity contribution in [3.63, 3.8) is 0 Å². The fraction of sp³-hybridized carbons (Fsp3) is 0.556. The van der Waals surface area contributed by atoms with Crippen molar-refractivity contribution >= 4 is 32.0 Å². The highest BCUT2D eigenvalue weighted by atomic mass is 32.2. The molecule has 1 heterocycles. The van der Waals surface area contributed by atoms with Gasteiger partial charge in [0.15, 0.2) is 5.00 Å². The van der Waals surface area contributed by atoms with Gasteiger partial charge in [-0.2, -0.15) is 0 Å². The Labute approximate surface area is 115 Å². The van der Waals surface area contributed by atoms with E-state index in [4.69, 9.17) is 0 Å². The summed E-state index contributed by atoms with van der Waals surface area (Å²) in [6.07, 6.45) is 0. The van der Waals surface area contributed by atoms with E-state index in [9.17, 15) is 18.5 Å². The second-order valence-electron chi connectivity index (χ2n) is 3.99. The molecule has 2 N–H and O–H groups in total. The molecule has 0 unspecified atom stereocenters. The first kappa shape index (κ1) is 15.8. The minimum atomic E-state index is -3.70. The van der Waals surface area contributed by atoms with Crippen molar-refractivity contribution in [2.75, 3.05) is 39.5 Å². The number of nitrogens with zero attached hydrogens (tertiary/aromatic N) is 2. The maximum atomic E-state index is 11.9. The van der Waals surface area contributed by atoms with E-state index in [0.717, 1.165) is 17.4 Å². The molecule has 108 valence electrons. The summed E-state index contributed by atoms with van der Waals surface area (Å²) in [7, 11) is 1.45. The molecule has 1 aromatic rings. The molecule has 19 heavy (non-hydrogen) atoms. The zero-order chi connectivity index (χ0) is 14.6. The average Bonchev–Trinajstić information content (AvgIpc) is 2.72. The SMILES string of the molecule is CNc1sc(S(=O)(=O)NCCN(C)C)cc1[N+](=O)[O-]. The van der Waals surface area contributed by atoms with Gasteiger partial charge in [-0.05, 0) is 14.1 Å². The molecule has 0 aliphatic heterocycles. The molecule has 1 aromatic heterocycles. The maximum absolute atomic E-state index is 11.9. The standard InChI is InChI=1S/C9H16N4O4S2/c1-10-9-7(13(14)15)6-8(18-9)19(16,17)11-4-5-12(2)3/h6,10-11H,4-5H2,1-3H3. The van der Waals surface area contributed by atoms with Gasteiger partial charge in [-0.15, -0.1) is 0 Å². The molecular weight excluding hydrogens is 292 g/mol. The van der Waals surface area contributed by atoms with Crippen LogP contribution in [0.15, 0.2) is 10.3 Å². The van der Waals surface area contributed by atoms with Crippen molar-refractivity contribution < 1.29 is 13.3 Å². The number of hydrogen-bond acceptors (Lipinski definition) is 7. The van der Waals surface area contributed by atoms with Crippen LogP contribution in [0, 0.1) is 10.1 Å². The Bertz CT molecular complexity index is 553. The van der Waals surface area contributed by atoms with Gasteiger partial charge in [0, 0.05) is 26.2 Å².